The van der Waals surface area contributed by atoms with Crippen LogP contribution in [0.25, 0.3) is 0 Å². The Balaban J connectivity index is 0.00000220. The van der Waals surface area contributed by atoms with Crippen molar-refractivity contribution in [3.8, 4) is 5.75 Å². The molecule has 0 aliphatic carbocycles. The van der Waals surface area contributed by atoms with Crippen LogP contribution in [0.5, 0.6) is 5.75 Å². The van der Waals surface area contributed by atoms with E-state index in [-0.39, 0.29) is 18.0 Å². The maximum atomic E-state index is 13.4. The highest BCUT2D eigenvalue weighted by atomic mass is 35.5. The molecular weight excluding hydrogens is 312 g/mol. The lowest BCUT2D eigenvalue weighted by Crippen LogP contribution is -2.46. The van der Waals surface area contributed by atoms with E-state index in [4.69, 9.17) is 5.11 Å². The first-order valence-electron chi connectivity index (χ1n) is 6.37. The zero-order chi connectivity index (χ0) is 14.8. The van der Waals surface area contributed by atoms with Gasteiger partial charge >= 0.3 is 6.18 Å². The second kappa shape index (κ2) is 7.29. The summed E-state index contributed by atoms with van der Waals surface area (Å²) in [7, 11) is 0. The van der Waals surface area contributed by atoms with E-state index in [0.717, 1.165) is 12.1 Å². The molecule has 1 fully saturated rings. The highest BCUT2D eigenvalue weighted by Gasteiger charge is 2.36. The van der Waals surface area contributed by atoms with Gasteiger partial charge in [-0.2, -0.15) is 13.2 Å². The van der Waals surface area contributed by atoms with E-state index in [0.29, 0.717) is 26.2 Å². The second-order valence-corrected chi connectivity index (χ2v) is 4.83. The summed E-state index contributed by atoms with van der Waals surface area (Å²) in [4.78, 5) is 1.69. The third kappa shape index (κ3) is 5.01. The molecule has 1 heterocycles. The van der Waals surface area contributed by atoms with Gasteiger partial charge in [-0.15, -0.1) is 12.4 Å². The number of phenolic OH excluding ortho intramolecular Hbond substituents is 1. The molecule has 0 radical (unpaired) electrons. The topological polar surface area (TPSA) is 35.5 Å². The third-order valence-corrected chi connectivity index (χ3v) is 3.37. The summed E-state index contributed by atoms with van der Waals surface area (Å²) in [6.07, 6.45) is -5.36. The highest BCUT2D eigenvalue weighted by molar-refractivity contribution is 5.85. The summed E-state index contributed by atoms with van der Waals surface area (Å²) in [5.41, 5.74) is 0.236. The van der Waals surface area contributed by atoms with Crippen LogP contribution in [0.3, 0.4) is 0 Å². The Morgan fingerprint density at radius 2 is 1.86 bits per heavy atom. The molecule has 0 bridgehead atoms. The van der Waals surface area contributed by atoms with E-state index in [1.165, 1.54) is 6.07 Å². The van der Waals surface area contributed by atoms with E-state index in [9.17, 15) is 17.6 Å². The molecule has 0 unspecified atom stereocenters. The van der Waals surface area contributed by atoms with E-state index in [1.54, 1.807) is 4.90 Å². The average molecular weight is 329 g/mol. The van der Waals surface area contributed by atoms with Gasteiger partial charge in [0.05, 0.1) is 6.42 Å². The molecule has 1 aliphatic rings. The Labute approximate surface area is 126 Å². The van der Waals surface area contributed by atoms with Crippen molar-refractivity contribution < 1.29 is 22.7 Å². The van der Waals surface area contributed by atoms with Crippen LogP contribution in [0.2, 0.25) is 0 Å². The first-order valence-corrected chi connectivity index (χ1v) is 6.37. The number of halogens is 5. The van der Waals surface area contributed by atoms with Crippen molar-refractivity contribution in [3.63, 3.8) is 0 Å². The first-order chi connectivity index (χ1) is 9.37. The van der Waals surface area contributed by atoms with E-state index in [2.05, 4.69) is 5.32 Å². The third-order valence-electron chi connectivity index (χ3n) is 3.37. The van der Waals surface area contributed by atoms with Crippen molar-refractivity contribution in [2.45, 2.75) is 18.6 Å². The molecule has 0 spiro atoms. The van der Waals surface area contributed by atoms with Crippen LogP contribution in [0.1, 0.15) is 18.0 Å². The molecule has 1 saturated heterocycles. The Morgan fingerprint density at radius 1 is 1.24 bits per heavy atom. The number of nitrogens with zero attached hydrogens (tertiary/aromatic N) is 1. The minimum absolute atomic E-state index is 0. The Hall–Kier alpha value is -1.05. The van der Waals surface area contributed by atoms with Crippen LogP contribution >= 0.6 is 12.4 Å². The van der Waals surface area contributed by atoms with Crippen LogP contribution in [0.15, 0.2) is 18.2 Å². The van der Waals surface area contributed by atoms with Crippen LogP contribution < -0.4 is 5.32 Å². The number of hydrogen-bond donors (Lipinski definition) is 2. The maximum Gasteiger partial charge on any atom is 0.390 e. The molecule has 0 saturated carbocycles. The predicted molar refractivity (Wildman–Crippen MR) is 73.2 cm³/mol. The SMILES string of the molecule is Cl.Oc1ccc([C@@H](CC(F)(F)F)N2CCNCC2)cc1F. The summed E-state index contributed by atoms with van der Waals surface area (Å²) in [5, 5.41) is 12.2. The molecule has 0 amide bonds. The lowest BCUT2D eigenvalue weighted by Gasteiger charge is -2.35. The maximum absolute atomic E-state index is 13.4. The number of rotatable bonds is 3. The Morgan fingerprint density at radius 3 is 2.38 bits per heavy atom. The van der Waals surface area contributed by atoms with Crippen LogP contribution in [0.4, 0.5) is 17.6 Å². The van der Waals surface area contributed by atoms with Crippen molar-refractivity contribution in [1.82, 2.24) is 10.2 Å². The van der Waals surface area contributed by atoms with Gasteiger partial charge in [0.1, 0.15) is 0 Å². The number of nitrogens with one attached hydrogen (secondary N) is 1. The predicted octanol–water partition coefficient (Wildman–Crippen LogP) is 2.85. The number of aromatic hydroxyl groups is 1. The molecule has 3 nitrogen and oxygen atoms in total. The van der Waals surface area contributed by atoms with Crippen molar-refractivity contribution in [2.75, 3.05) is 26.2 Å². The van der Waals surface area contributed by atoms with Crippen LogP contribution in [-0.4, -0.2) is 42.4 Å². The normalized spacial score (nSPS) is 18.1. The molecular formula is C13H17ClF4N2O. The molecule has 2 N–H and O–H groups in total. The number of phenols is 1. The van der Waals surface area contributed by atoms with E-state index in [1.807, 2.05) is 0 Å². The van der Waals surface area contributed by atoms with Gasteiger partial charge in [-0.3, -0.25) is 4.90 Å². The molecule has 21 heavy (non-hydrogen) atoms. The summed E-state index contributed by atoms with van der Waals surface area (Å²) < 4.78 is 51.6. The van der Waals surface area contributed by atoms with Gasteiger partial charge in [-0.1, -0.05) is 6.07 Å². The summed E-state index contributed by atoms with van der Waals surface area (Å²) >= 11 is 0. The zero-order valence-corrected chi connectivity index (χ0v) is 12.0. The number of alkyl halides is 3. The standard InChI is InChI=1S/C13H16F4N2O.ClH/c14-10-7-9(1-2-12(10)20)11(8-13(15,16)17)19-5-3-18-4-6-19;/h1-2,7,11,18,20H,3-6,8H2;1H/t11-;/m1./s1. The summed E-state index contributed by atoms with van der Waals surface area (Å²) in [6.45, 7) is 2.16. The van der Waals surface area contributed by atoms with Gasteiger partial charge < -0.3 is 10.4 Å². The van der Waals surface area contributed by atoms with Gasteiger partial charge in [0, 0.05) is 32.2 Å². The van der Waals surface area contributed by atoms with E-state index < -0.39 is 30.2 Å². The van der Waals surface area contributed by atoms with Crippen molar-refractivity contribution in [2.24, 2.45) is 0 Å². The first kappa shape index (κ1) is 18.0. The van der Waals surface area contributed by atoms with Crippen molar-refractivity contribution in [1.29, 1.82) is 0 Å². The molecule has 1 aromatic carbocycles. The van der Waals surface area contributed by atoms with Gasteiger partial charge in [0.2, 0.25) is 0 Å². The fraction of sp³-hybridized carbons (Fsp3) is 0.538. The van der Waals surface area contributed by atoms with Gasteiger partial charge in [-0.25, -0.2) is 4.39 Å². The minimum atomic E-state index is -4.33. The van der Waals surface area contributed by atoms with Crippen molar-refractivity contribution >= 4 is 12.4 Å². The Kier molecular flexibility index (Phi) is 6.24. The fourth-order valence-corrected chi connectivity index (χ4v) is 2.40. The second-order valence-electron chi connectivity index (χ2n) is 4.83. The summed E-state index contributed by atoms with van der Waals surface area (Å²) in [5.74, 6) is -1.45. The zero-order valence-electron chi connectivity index (χ0n) is 11.2. The molecule has 1 aliphatic heterocycles. The van der Waals surface area contributed by atoms with Crippen molar-refractivity contribution in [3.05, 3.63) is 29.6 Å². The lowest BCUT2D eigenvalue weighted by atomic mass is 10.0. The van der Waals surface area contributed by atoms with Gasteiger partial charge in [0.15, 0.2) is 11.6 Å². The minimum Gasteiger partial charge on any atom is -0.505 e. The van der Waals surface area contributed by atoms with Crippen LogP contribution in [0, 0.1) is 5.82 Å². The lowest BCUT2D eigenvalue weighted by molar-refractivity contribution is -0.148. The van der Waals surface area contributed by atoms with Crippen LogP contribution in [-0.2, 0) is 0 Å². The number of piperazine rings is 1. The highest BCUT2D eigenvalue weighted by Crippen LogP contribution is 2.35. The smallest absolute Gasteiger partial charge is 0.390 e. The fourth-order valence-electron chi connectivity index (χ4n) is 2.40. The van der Waals surface area contributed by atoms with E-state index >= 15 is 0 Å². The molecule has 8 heteroatoms. The molecule has 2 rings (SSSR count). The molecule has 0 aromatic heterocycles. The number of hydrogen-bond acceptors (Lipinski definition) is 3. The quantitative estimate of drug-likeness (QED) is 0.838. The summed E-state index contributed by atoms with van der Waals surface area (Å²) in [6, 6.07) is 2.49. The molecule has 1 aromatic rings. The average Bonchev–Trinajstić information content (AvgIpc) is 2.39. The molecule has 120 valence electrons. The largest absolute Gasteiger partial charge is 0.505 e. The van der Waals surface area contributed by atoms with Gasteiger partial charge in [0.25, 0.3) is 0 Å². The Bertz CT molecular complexity index is 464. The molecule has 1 atom stereocenters. The number of benzene rings is 1. The monoisotopic (exact) mass is 328 g/mol. The van der Waals surface area contributed by atoms with Gasteiger partial charge in [-0.05, 0) is 17.7 Å².